The summed E-state index contributed by atoms with van der Waals surface area (Å²) in [6, 6.07) is 34.2. The van der Waals surface area contributed by atoms with Gasteiger partial charge in [-0.05, 0) is 79.9 Å². The smallest absolute Gasteiger partial charge is 0.251 e. The van der Waals surface area contributed by atoms with Gasteiger partial charge < -0.3 is 20.4 Å². The number of hydrogen-bond acceptors (Lipinski definition) is 4. The van der Waals surface area contributed by atoms with Crippen molar-refractivity contribution in [2.45, 2.75) is 44.2 Å². The van der Waals surface area contributed by atoms with E-state index in [0.29, 0.717) is 18.7 Å². The molecule has 6 heteroatoms. The van der Waals surface area contributed by atoms with Gasteiger partial charge in [0.2, 0.25) is 5.91 Å². The summed E-state index contributed by atoms with van der Waals surface area (Å²) >= 11 is 0. The highest BCUT2D eigenvalue weighted by Crippen LogP contribution is 2.26. The van der Waals surface area contributed by atoms with Gasteiger partial charge >= 0.3 is 0 Å². The van der Waals surface area contributed by atoms with Gasteiger partial charge in [0.05, 0.1) is 6.04 Å². The summed E-state index contributed by atoms with van der Waals surface area (Å²) in [4.78, 5) is 31.3. The highest BCUT2D eigenvalue weighted by atomic mass is 16.2. The van der Waals surface area contributed by atoms with Crippen LogP contribution in [0.4, 0.5) is 0 Å². The Hall–Kier alpha value is -4.00. The van der Waals surface area contributed by atoms with Crippen molar-refractivity contribution in [2.24, 2.45) is 0 Å². The molecule has 4 aromatic carbocycles. The molecule has 4 aromatic rings. The maximum Gasteiger partial charge on any atom is 0.251 e. The normalized spacial score (nSPS) is 14.7. The molecule has 1 saturated heterocycles. The van der Waals surface area contributed by atoms with Crippen LogP contribution in [0.1, 0.15) is 53.6 Å². The van der Waals surface area contributed by atoms with Crippen molar-refractivity contribution in [1.29, 1.82) is 0 Å². The molecular formula is C37H44N4O2. The number of carbonyl (C=O) groups is 2. The molecule has 1 unspecified atom stereocenters. The number of likely N-dealkylation sites (N-methyl/N-ethyl adjacent to an activating group) is 1. The maximum atomic E-state index is 14.0. The van der Waals surface area contributed by atoms with Gasteiger partial charge in [-0.1, -0.05) is 91.0 Å². The first-order chi connectivity index (χ1) is 21.0. The third kappa shape index (κ3) is 8.31. The molecule has 0 bridgehead atoms. The Bertz CT molecular complexity index is 1430. The minimum absolute atomic E-state index is 0.0743. The Labute approximate surface area is 256 Å². The number of rotatable bonds is 14. The molecule has 1 fully saturated rings. The van der Waals surface area contributed by atoms with Crippen molar-refractivity contribution in [3.8, 4) is 0 Å². The van der Waals surface area contributed by atoms with Crippen molar-refractivity contribution in [3.63, 3.8) is 0 Å². The molecule has 2 N–H and O–H groups in total. The van der Waals surface area contributed by atoms with Crippen molar-refractivity contribution in [1.82, 2.24) is 20.4 Å². The first kappa shape index (κ1) is 30.5. The molecule has 0 spiro atoms. The van der Waals surface area contributed by atoms with Crippen molar-refractivity contribution in [2.75, 3.05) is 39.8 Å². The zero-order chi connectivity index (χ0) is 30.0. The van der Waals surface area contributed by atoms with Gasteiger partial charge in [0.15, 0.2) is 0 Å². The molecule has 1 heterocycles. The SMILES string of the molecule is CC(CNC(=O)c1ccc2ccccc2c1)N[C@@H](CCCN1CCC1)C(=O)N(C)CC(c1ccccc1)c1ccccc1. The van der Waals surface area contributed by atoms with Crippen LogP contribution in [0.5, 0.6) is 0 Å². The summed E-state index contributed by atoms with van der Waals surface area (Å²) in [6.45, 7) is 6.37. The fourth-order valence-electron chi connectivity index (χ4n) is 5.89. The third-order valence-corrected chi connectivity index (χ3v) is 8.52. The number of likely N-dealkylation sites (tertiary alicyclic amines) is 1. The van der Waals surface area contributed by atoms with Gasteiger partial charge in [-0.2, -0.15) is 0 Å². The van der Waals surface area contributed by atoms with E-state index in [1.54, 1.807) is 0 Å². The summed E-state index contributed by atoms with van der Waals surface area (Å²) in [6.07, 6.45) is 2.97. The number of nitrogens with one attached hydrogen (secondary N) is 2. The Morgan fingerprint density at radius 1 is 0.837 bits per heavy atom. The Kier molecular flexibility index (Phi) is 10.6. The van der Waals surface area contributed by atoms with Crippen LogP contribution in [0.2, 0.25) is 0 Å². The maximum absolute atomic E-state index is 14.0. The number of amides is 2. The molecule has 1 aliphatic rings. The van der Waals surface area contributed by atoms with E-state index in [0.717, 1.165) is 43.2 Å². The molecule has 0 saturated carbocycles. The Morgan fingerprint density at radius 3 is 2.09 bits per heavy atom. The second-order valence-corrected chi connectivity index (χ2v) is 11.8. The van der Waals surface area contributed by atoms with Crippen LogP contribution in [0, 0.1) is 0 Å². The highest BCUT2D eigenvalue weighted by molar-refractivity contribution is 5.98. The molecule has 0 radical (unpaired) electrons. The topological polar surface area (TPSA) is 64.7 Å². The van der Waals surface area contributed by atoms with Crippen LogP contribution >= 0.6 is 0 Å². The van der Waals surface area contributed by atoms with Gasteiger partial charge in [0.25, 0.3) is 5.91 Å². The molecule has 1 aliphatic heterocycles. The lowest BCUT2D eigenvalue weighted by Gasteiger charge is -2.33. The summed E-state index contributed by atoms with van der Waals surface area (Å²) in [5, 5.41) is 8.80. The molecule has 6 nitrogen and oxygen atoms in total. The summed E-state index contributed by atoms with van der Waals surface area (Å²) in [5.74, 6) is 0.0654. The van der Waals surface area contributed by atoms with Gasteiger partial charge in [0.1, 0.15) is 0 Å². The Morgan fingerprint density at radius 2 is 1.47 bits per heavy atom. The fraction of sp³-hybridized carbons (Fsp3) is 0.351. The van der Waals surface area contributed by atoms with E-state index in [2.05, 4.69) is 64.1 Å². The van der Waals surface area contributed by atoms with Gasteiger partial charge in [-0.15, -0.1) is 0 Å². The first-order valence-corrected chi connectivity index (χ1v) is 15.6. The minimum Gasteiger partial charge on any atom is -0.350 e. The lowest BCUT2D eigenvalue weighted by molar-refractivity contribution is -0.132. The number of benzene rings is 4. The fourth-order valence-corrected chi connectivity index (χ4v) is 5.89. The van der Waals surface area contributed by atoms with Gasteiger partial charge in [-0.25, -0.2) is 0 Å². The van der Waals surface area contributed by atoms with Crippen molar-refractivity contribution < 1.29 is 9.59 Å². The molecule has 224 valence electrons. The monoisotopic (exact) mass is 576 g/mol. The third-order valence-electron chi connectivity index (χ3n) is 8.52. The van der Waals surface area contributed by atoms with Crippen LogP contribution < -0.4 is 10.6 Å². The predicted molar refractivity (Wildman–Crippen MR) is 175 cm³/mol. The van der Waals surface area contributed by atoms with Crippen LogP contribution in [0.15, 0.2) is 103 Å². The van der Waals surface area contributed by atoms with Gasteiger partial charge in [0, 0.05) is 37.7 Å². The molecule has 0 aliphatic carbocycles. The zero-order valence-electron chi connectivity index (χ0n) is 25.4. The zero-order valence-corrected chi connectivity index (χ0v) is 25.4. The first-order valence-electron chi connectivity index (χ1n) is 15.6. The van der Waals surface area contributed by atoms with Crippen LogP contribution in [0.25, 0.3) is 10.8 Å². The van der Waals surface area contributed by atoms with Crippen LogP contribution in [-0.4, -0.2) is 73.5 Å². The summed E-state index contributed by atoms with van der Waals surface area (Å²) in [5.41, 5.74) is 3.03. The largest absolute Gasteiger partial charge is 0.350 e. The number of carbonyl (C=O) groups excluding carboxylic acids is 2. The minimum atomic E-state index is -0.328. The number of hydrogen-bond donors (Lipinski definition) is 2. The van der Waals surface area contributed by atoms with Gasteiger partial charge in [-0.3, -0.25) is 9.59 Å². The van der Waals surface area contributed by atoms with E-state index in [9.17, 15) is 9.59 Å². The number of fused-ring (bicyclic) bond motifs is 1. The van der Waals surface area contributed by atoms with Crippen molar-refractivity contribution >= 4 is 22.6 Å². The molecule has 2 amide bonds. The average Bonchev–Trinajstić information content (AvgIpc) is 3.03. The molecule has 5 rings (SSSR count). The van der Waals surface area contributed by atoms with E-state index >= 15 is 0 Å². The average molecular weight is 577 g/mol. The summed E-state index contributed by atoms with van der Waals surface area (Å²) in [7, 11) is 1.91. The molecule has 0 aromatic heterocycles. The standard InChI is InChI=1S/C37H44N4O2/c1-28(26-38-36(42)33-21-20-29-13-9-10-18-32(29)25-33)39-35(19-11-22-41-23-12-24-41)37(43)40(2)27-34(30-14-5-3-6-15-30)31-16-7-4-8-17-31/h3-10,13-18,20-21,25,28,34-35,39H,11-12,19,22-24,26-27H2,1-2H3,(H,38,42)/t28?,35-/m0/s1. The quantitative estimate of drug-likeness (QED) is 0.202. The summed E-state index contributed by atoms with van der Waals surface area (Å²) < 4.78 is 0. The highest BCUT2D eigenvalue weighted by Gasteiger charge is 2.27. The number of nitrogens with zero attached hydrogens (tertiary/aromatic N) is 2. The van der Waals surface area contributed by atoms with E-state index in [1.165, 1.54) is 17.5 Å². The molecule has 2 atom stereocenters. The van der Waals surface area contributed by atoms with E-state index in [4.69, 9.17) is 0 Å². The second kappa shape index (κ2) is 14.9. The van der Waals surface area contributed by atoms with Crippen molar-refractivity contribution in [3.05, 3.63) is 120 Å². The molecular weight excluding hydrogens is 532 g/mol. The van der Waals surface area contributed by atoms with E-state index < -0.39 is 0 Å². The van der Waals surface area contributed by atoms with E-state index in [-0.39, 0.29) is 29.8 Å². The molecule has 43 heavy (non-hydrogen) atoms. The van der Waals surface area contributed by atoms with Crippen LogP contribution in [0.3, 0.4) is 0 Å². The lowest BCUT2D eigenvalue weighted by Crippen LogP contribution is -2.52. The second-order valence-electron chi connectivity index (χ2n) is 11.8. The Balaban J connectivity index is 1.23. The lowest BCUT2D eigenvalue weighted by atomic mass is 9.90. The van der Waals surface area contributed by atoms with Crippen LogP contribution in [-0.2, 0) is 4.79 Å². The van der Waals surface area contributed by atoms with E-state index in [1.807, 2.05) is 73.5 Å². The predicted octanol–water partition coefficient (Wildman–Crippen LogP) is 5.69.